The van der Waals surface area contributed by atoms with Gasteiger partial charge in [0, 0.05) is 33.3 Å². The third-order valence-corrected chi connectivity index (χ3v) is 5.70. The fraction of sp³-hybridized carbons (Fsp3) is 0.278. The summed E-state index contributed by atoms with van der Waals surface area (Å²) >= 11 is 3.43. The van der Waals surface area contributed by atoms with E-state index in [9.17, 15) is 4.39 Å². The number of benzene rings is 1. The summed E-state index contributed by atoms with van der Waals surface area (Å²) in [6, 6.07) is 9.03. The lowest BCUT2D eigenvalue weighted by molar-refractivity contribution is 0.568. The lowest BCUT2D eigenvalue weighted by Gasteiger charge is -2.12. The Morgan fingerprint density at radius 2 is 1.96 bits per heavy atom. The Balaban J connectivity index is 1.65. The topological polar surface area (TPSA) is 24.9 Å². The van der Waals surface area contributed by atoms with Crippen molar-refractivity contribution >= 4 is 22.7 Å². The molecule has 0 bridgehead atoms. The molecule has 0 amide bonds. The number of hydrogen-bond donors (Lipinski definition) is 1. The van der Waals surface area contributed by atoms with Crippen LogP contribution in [0.15, 0.2) is 35.7 Å². The van der Waals surface area contributed by atoms with Crippen molar-refractivity contribution in [3.63, 3.8) is 0 Å². The van der Waals surface area contributed by atoms with E-state index in [0.29, 0.717) is 6.04 Å². The van der Waals surface area contributed by atoms with Crippen LogP contribution in [0.2, 0.25) is 0 Å². The van der Waals surface area contributed by atoms with Crippen molar-refractivity contribution < 1.29 is 4.39 Å². The Morgan fingerprint density at radius 1 is 1.22 bits per heavy atom. The zero-order chi connectivity index (χ0) is 16.4. The van der Waals surface area contributed by atoms with E-state index in [-0.39, 0.29) is 5.82 Å². The number of thiazole rings is 1. The highest BCUT2D eigenvalue weighted by atomic mass is 32.1. The van der Waals surface area contributed by atoms with Crippen LogP contribution in [0.5, 0.6) is 0 Å². The van der Waals surface area contributed by atoms with Gasteiger partial charge in [0.15, 0.2) is 0 Å². The molecule has 0 spiro atoms. The van der Waals surface area contributed by atoms with Gasteiger partial charge in [0.25, 0.3) is 0 Å². The van der Waals surface area contributed by atoms with E-state index in [1.165, 1.54) is 27.5 Å². The molecule has 0 radical (unpaired) electrons. The van der Waals surface area contributed by atoms with E-state index in [0.717, 1.165) is 22.8 Å². The molecule has 0 saturated carbocycles. The molecule has 2 heterocycles. The van der Waals surface area contributed by atoms with Gasteiger partial charge < -0.3 is 5.32 Å². The van der Waals surface area contributed by atoms with Crippen LogP contribution in [0.4, 0.5) is 4.39 Å². The first-order chi connectivity index (χ1) is 11.0. The minimum Gasteiger partial charge on any atom is -0.304 e. The van der Waals surface area contributed by atoms with Gasteiger partial charge in [-0.1, -0.05) is 0 Å². The molecule has 23 heavy (non-hydrogen) atoms. The van der Waals surface area contributed by atoms with Gasteiger partial charge in [0.2, 0.25) is 0 Å². The summed E-state index contributed by atoms with van der Waals surface area (Å²) in [7, 11) is 0. The predicted molar refractivity (Wildman–Crippen MR) is 96.6 cm³/mol. The first-order valence-electron chi connectivity index (χ1n) is 7.53. The largest absolute Gasteiger partial charge is 0.304 e. The molecule has 2 nitrogen and oxygen atoms in total. The Bertz CT molecular complexity index is 790. The molecule has 5 heteroatoms. The minimum atomic E-state index is -0.220. The van der Waals surface area contributed by atoms with Crippen LogP contribution in [0.3, 0.4) is 0 Å². The van der Waals surface area contributed by atoms with Crippen molar-refractivity contribution in [3.8, 4) is 10.6 Å². The molecule has 2 aromatic heterocycles. The van der Waals surface area contributed by atoms with Crippen molar-refractivity contribution in [1.82, 2.24) is 10.3 Å². The lowest BCUT2D eigenvalue weighted by atomic mass is 10.1. The summed E-state index contributed by atoms with van der Waals surface area (Å²) < 4.78 is 13.0. The molecule has 120 valence electrons. The van der Waals surface area contributed by atoms with E-state index >= 15 is 0 Å². The molecule has 1 aromatic carbocycles. The number of nitrogens with zero attached hydrogens (tertiary/aromatic N) is 1. The highest BCUT2D eigenvalue weighted by Crippen LogP contribution is 2.27. The van der Waals surface area contributed by atoms with Gasteiger partial charge in [0.05, 0.1) is 5.69 Å². The fourth-order valence-corrected chi connectivity index (χ4v) is 4.41. The normalized spacial score (nSPS) is 12.5. The Labute approximate surface area is 144 Å². The van der Waals surface area contributed by atoms with E-state index in [1.807, 2.05) is 11.3 Å². The standard InChI is InChI=1S/C18H19FN2S2/c1-11-8-17(13(3)23-11)12(2)20-9-16-10-22-18(21-16)14-4-6-15(19)7-5-14/h4-8,10,12,20H,9H2,1-3H3. The first kappa shape index (κ1) is 16.3. The molecule has 0 saturated heterocycles. The van der Waals surface area contributed by atoms with Gasteiger partial charge >= 0.3 is 0 Å². The number of halogens is 1. The SMILES string of the molecule is Cc1cc(C(C)NCc2csc(-c3ccc(F)cc3)n2)c(C)s1. The van der Waals surface area contributed by atoms with Crippen molar-refractivity contribution in [1.29, 1.82) is 0 Å². The second-order valence-electron chi connectivity index (χ2n) is 5.62. The summed E-state index contributed by atoms with van der Waals surface area (Å²) in [5.41, 5.74) is 3.34. The van der Waals surface area contributed by atoms with Gasteiger partial charge in [-0.05, 0) is 56.7 Å². The third kappa shape index (κ3) is 3.86. The van der Waals surface area contributed by atoms with Gasteiger partial charge in [-0.25, -0.2) is 9.37 Å². The van der Waals surface area contributed by atoms with Crippen molar-refractivity contribution in [2.45, 2.75) is 33.4 Å². The second kappa shape index (κ2) is 6.91. The van der Waals surface area contributed by atoms with Crippen LogP contribution in [0, 0.1) is 19.7 Å². The maximum absolute atomic E-state index is 13.0. The number of nitrogens with one attached hydrogen (secondary N) is 1. The van der Waals surface area contributed by atoms with E-state index in [2.05, 4.69) is 42.5 Å². The monoisotopic (exact) mass is 346 g/mol. The van der Waals surface area contributed by atoms with Gasteiger partial charge in [-0.3, -0.25) is 0 Å². The van der Waals surface area contributed by atoms with Crippen molar-refractivity contribution in [3.05, 3.63) is 62.5 Å². The summed E-state index contributed by atoms with van der Waals surface area (Å²) in [6.45, 7) is 7.22. The molecule has 3 aromatic rings. The van der Waals surface area contributed by atoms with Gasteiger partial charge in [-0.15, -0.1) is 22.7 Å². The molecule has 1 N–H and O–H groups in total. The zero-order valence-corrected chi connectivity index (χ0v) is 15.0. The molecule has 0 fully saturated rings. The van der Waals surface area contributed by atoms with Gasteiger partial charge in [-0.2, -0.15) is 0 Å². The first-order valence-corrected chi connectivity index (χ1v) is 9.23. The van der Waals surface area contributed by atoms with Crippen LogP contribution in [0.1, 0.15) is 34.0 Å². The highest BCUT2D eigenvalue weighted by Gasteiger charge is 2.12. The molecule has 0 aliphatic rings. The average Bonchev–Trinajstić information content (AvgIpc) is 3.12. The molecular formula is C18H19FN2S2. The zero-order valence-electron chi connectivity index (χ0n) is 13.4. The molecule has 3 rings (SSSR count). The molecule has 0 aliphatic carbocycles. The number of rotatable bonds is 5. The lowest BCUT2D eigenvalue weighted by Crippen LogP contribution is -2.18. The van der Waals surface area contributed by atoms with Crippen LogP contribution in [-0.2, 0) is 6.54 Å². The smallest absolute Gasteiger partial charge is 0.123 e. The Morgan fingerprint density at radius 3 is 2.61 bits per heavy atom. The van der Waals surface area contributed by atoms with Crippen LogP contribution in [-0.4, -0.2) is 4.98 Å². The van der Waals surface area contributed by atoms with E-state index in [4.69, 9.17) is 0 Å². The Hall–Kier alpha value is -1.56. The summed E-state index contributed by atoms with van der Waals surface area (Å²) in [5, 5.41) is 6.52. The molecule has 1 unspecified atom stereocenters. The quantitative estimate of drug-likeness (QED) is 0.662. The number of thiophene rings is 1. The van der Waals surface area contributed by atoms with Crippen molar-refractivity contribution in [2.24, 2.45) is 0 Å². The van der Waals surface area contributed by atoms with Crippen LogP contribution >= 0.6 is 22.7 Å². The van der Waals surface area contributed by atoms with Crippen LogP contribution in [0.25, 0.3) is 10.6 Å². The number of aromatic nitrogens is 1. The van der Waals surface area contributed by atoms with Gasteiger partial charge in [0.1, 0.15) is 10.8 Å². The van der Waals surface area contributed by atoms with E-state index in [1.54, 1.807) is 23.5 Å². The maximum Gasteiger partial charge on any atom is 0.123 e. The third-order valence-electron chi connectivity index (χ3n) is 3.78. The Kier molecular flexibility index (Phi) is 4.90. The fourth-order valence-electron chi connectivity index (χ4n) is 2.56. The predicted octanol–water partition coefficient (Wildman–Crippen LogP) is 5.48. The second-order valence-corrected chi connectivity index (χ2v) is 7.94. The number of aryl methyl sites for hydroxylation is 2. The maximum atomic E-state index is 13.0. The minimum absolute atomic E-state index is 0.220. The highest BCUT2D eigenvalue weighted by molar-refractivity contribution is 7.13. The van der Waals surface area contributed by atoms with Crippen molar-refractivity contribution in [2.75, 3.05) is 0 Å². The molecule has 0 aliphatic heterocycles. The molecule has 1 atom stereocenters. The summed E-state index contributed by atoms with van der Waals surface area (Å²) in [6.07, 6.45) is 0. The average molecular weight is 346 g/mol. The molecular weight excluding hydrogens is 327 g/mol. The number of hydrogen-bond acceptors (Lipinski definition) is 4. The van der Waals surface area contributed by atoms with E-state index < -0.39 is 0 Å². The van der Waals surface area contributed by atoms with Crippen LogP contribution < -0.4 is 5.32 Å². The summed E-state index contributed by atoms with van der Waals surface area (Å²) in [4.78, 5) is 7.35. The summed E-state index contributed by atoms with van der Waals surface area (Å²) in [5.74, 6) is -0.220.